The Morgan fingerprint density at radius 3 is 3.15 bits per heavy atom. The molecule has 1 heterocycles. The summed E-state index contributed by atoms with van der Waals surface area (Å²) < 4.78 is 10.5. The molecule has 1 aromatic carbocycles. The molecule has 0 bridgehead atoms. The molecule has 2 rings (SSSR count). The van der Waals surface area contributed by atoms with Crippen LogP contribution < -0.4 is 9.47 Å². The summed E-state index contributed by atoms with van der Waals surface area (Å²) >= 11 is 0. The highest BCUT2D eigenvalue weighted by molar-refractivity contribution is 5.42. The predicted molar refractivity (Wildman–Crippen MR) is 48.1 cm³/mol. The fourth-order valence-corrected chi connectivity index (χ4v) is 1.48. The second-order valence-corrected chi connectivity index (χ2v) is 3.06. The molecule has 1 aliphatic rings. The van der Waals surface area contributed by atoms with E-state index in [-0.39, 0.29) is 0 Å². The molecule has 0 amide bonds. The van der Waals surface area contributed by atoms with Crippen LogP contribution in [0.2, 0.25) is 0 Å². The SMILES string of the molecule is COc1ccc2c(c1)OCCC2O. The second kappa shape index (κ2) is 3.26. The highest BCUT2D eigenvalue weighted by Crippen LogP contribution is 2.34. The smallest absolute Gasteiger partial charge is 0.128 e. The quantitative estimate of drug-likeness (QED) is 0.712. The lowest BCUT2D eigenvalue weighted by atomic mass is 10.0. The normalized spacial score (nSPS) is 20.3. The summed E-state index contributed by atoms with van der Waals surface area (Å²) in [5.41, 5.74) is 0.854. The van der Waals surface area contributed by atoms with E-state index in [1.807, 2.05) is 12.1 Å². The topological polar surface area (TPSA) is 38.7 Å². The van der Waals surface area contributed by atoms with Gasteiger partial charge in [-0.3, -0.25) is 0 Å². The van der Waals surface area contributed by atoms with Gasteiger partial charge in [-0.05, 0) is 12.1 Å². The molecule has 0 aromatic heterocycles. The van der Waals surface area contributed by atoms with Crippen LogP contribution in [0.4, 0.5) is 0 Å². The van der Waals surface area contributed by atoms with Crippen LogP contribution in [0.25, 0.3) is 0 Å². The summed E-state index contributed by atoms with van der Waals surface area (Å²) in [6.45, 7) is 0.571. The fraction of sp³-hybridized carbons (Fsp3) is 0.400. The third-order valence-electron chi connectivity index (χ3n) is 2.23. The minimum Gasteiger partial charge on any atom is -0.497 e. The van der Waals surface area contributed by atoms with Crippen LogP contribution in [0.3, 0.4) is 0 Å². The first-order valence-electron chi connectivity index (χ1n) is 4.30. The molecule has 0 fully saturated rings. The summed E-state index contributed by atoms with van der Waals surface area (Å²) in [6.07, 6.45) is 0.272. The molecule has 1 unspecified atom stereocenters. The Hall–Kier alpha value is -1.22. The molecule has 0 spiro atoms. The van der Waals surface area contributed by atoms with Gasteiger partial charge in [0.15, 0.2) is 0 Å². The zero-order valence-corrected chi connectivity index (χ0v) is 7.49. The van der Waals surface area contributed by atoms with Crippen molar-refractivity contribution in [1.82, 2.24) is 0 Å². The third kappa shape index (κ3) is 1.47. The monoisotopic (exact) mass is 180 g/mol. The molecule has 70 valence electrons. The second-order valence-electron chi connectivity index (χ2n) is 3.06. The van der Waals surface area contributed by atoms with E-state index in [9.17, 15) is 5.11 Å². The van der Waals surface area contributed by atoms with Gasteiger partial charge >= 0.3 is 0 Å². The predicted octanol–water partition coefficient (Wildman–Crippen LogP) is 1.51. The van der Waals surface area contributed by atoms with Crippen molar-refractivity contribution in [2.75, 3.05) is 13.7 Å². The van der Waals surface area contributed by atoms with Gasteiger partial charge in [0.05, 0.1) is 19.8 Å². The van der Waals surface area contributed by atoms with E-state index in [4.69, 9.17) is 9.47 Å². The number of rotatable bonds is 1. The first kappa shape index (κ1) is 8.38. The number of aliphatic hydroxyl groups is 1. The van der Waals surface area contributed by atoms with Crippen molar-refractivity contribution < 1.29 is 14.6 Å². The van der Waals surface area contributed by atoms with Crippen LogP contribution in [0.15, 0.2) is 18.2 Å². The minimum absolute atomic E-state index is 0.394. The molecule has 0 saturated carbocycles. The minimum atomic E-state index is -0.394. The molecule has 1 aliphatic heterocycles. The summed E-state index contributed by atoms with van der Waals surface area (Å²) in [6, 6.07) is 5.48. The molecule has 3 heteroatoms. The van der Waals surface area contributed by atoms with E-state index in [1.54, 1.807) is 13.2 Å². The molecule has 1 N–H and O–H groups in total. The van der Waals surface area contributed by atoms with E-state index in [0.717, 1.165) is 17.1 Å². The zero-order chi connectivity index (χ0) is 9.26. The van der Waals surface area contributed by atoms with Crippen molar-refractivity contribution >= 4 is 0 Å². The molecule has 1 aromatic rings. The van der Waals surface area contributed by atoms with Crippen molar-refractivity contribution in [3.05, 3.63) is 23.8 Å². The third-order valence-corrected chi connectivity index (χ3v) is 2.23. The Labute approximate surface area is 76.9 Å². The number of ether oxygens (including phenoxy) is 2. The number of benzene rings is 1. The summed E-state index contributed by atoms with van der Waals surface area (Å²) in [5, 5.41) is 9.60. The Bertz CT molecular complexity index is 309. The maximum atomic E-state index is 9.60. The zero-order valence-electron chi connectivity index (χ0n) is 7.49. The van der Waals surface area contributed by atoms with Crippen LogP contribution >= 0.6 is 0 Å². The molecule has 0 radical (unpaired) electrons. The van der Waals surface area contributed by atoms with Gasteiger partial charge < -0.3 is 14.6 Å². The molecule has 0 aliphatic carbocycles. The van der Waals surface area contributed by atoms with Crippen LogP contribution in [0.5, 0.6) is 11.5 Å². The van der Waals surface area contributed by atoms with Crippen molar-refractivity contribution in [3.63, 3.8) is 0 Å². The van der Waals surface area contributed by atoms with Crippen LogP contribution in [0, 0.1) is 0 Å². The maximum Gasteiger partial charge on any atom is 0.128 e. The lowest BCUT2D eigenvalue weighted by Crippen LogP contribution is -2.13. The van der Waals surface area contributed by atoms with Gasteiger partial charge in [-0.2, -0.15) is 0 Å². The fourth-order valence-electron chi connectivity index (χ4n) is 1.48. The van der Waals surface area contributed by atoms with Crippen molar-refractivity contribution in [1.29, 1.82) is 0 Å². The lowest BCUT2D eigenvalue weighted by Gasteiger charge is -2.22. The van der Waals surface area contributed by atoms with Gasteiger partial charge in [-0.25, -0.2) is 0 Å². The van der Waals surface area contributed by atoms with E-state index in [2.05, 4.69) is 0 Å². The molecular weight excluding hydrogens is 168 g/mol. The van der Waals surface area contributed by atoms with E-state index < -0.39 is 6.10 Å². The van der Waals surface area contributed by atoms with Crippen LogP contribution in [-0.2, 0) is 0 Å². The van der Waals surface area contributed by atoms with Gasteiger partial charge in [-0.1, -0.05) is 0 Å². The average molecular weight is 180 g/mol. The summed E-state index contributed by atoms with van der Waals surface area (Å²) in [4.78, 5) is 0. The molecule has 0 saturated heterocycles. The standard InChI is InChI=1S/C10H12O3/c1-12-7-2-3-8-9(11)4-5-13-10(8)6-7/h2-3,6,9,11H,4-5H2,1H3. The van der Waals surface area contributed by atoms with Crippen LogP contribution in [0.1, 0.15) is 18.1 Å². The maximum absolute atomic E-state index is 9.60. The van der Waals surface area contributed by atoms with Gasteiger partial charge in [0.25, 0.3) is 0 Å². The van der Waals surface area contributed by atoms with E-state index in [0.29, 0.717) is 13.0 Å². The number of methoxy groups -OCH3 is 1. The van der Waals surface area contributed by atoms with Crippen LogP contribution in [-0.4, -0.2) is 18.8 Å². The van der Waals surface area contributed by atoms with Gasteiger partial charge in [0.1, 0.15) is 11.5 Å². The van der Waals surface area contributed by atoms with E-state index >= 15 is 0 Å². The van der Waals surface area contributed by atoms with Crippen molar-refractivity contribution in [2.45, 2.75) is 12.5 Å². The van der Waals surface area contributed by atoms with Gasteiger partial charge in [-0.15, -0.1) is 0 Å². The van der Waals surface area contributed by atoms with Crippen molar-refractivity contribution in [2.24, 2.45) is 0 Å². The Balaban J connectivity index is 2.39. The molecule has 1 atom stereocenters. The number of hydrogen-bond acceptors (Lipinski definition) is 3. The van der Waals surface area contributed by atoms with Gasteiger partial charge in [0.2, 0.25) is 0 Å². The largest absolute Gasteiger partial charge is 0.497 e. The first-order chi connectivity index (χ1) is 6.31. The Kier molecular flexibility index (Phi) is 2.10. The number of aliphatic hydroxyl groups excluding tert-OH is 1. The van der Waals surface area contributed by atoms with Gasteiger partial charge in [0, 0.05) is 18.1 Å². The number of fused-ring (bicyclic) bond motifs is 1. The summed E-state index contributed by atoms with van der Waals surface area (Å²) in [5.74, 6) is 1.49. The lowest BCUT2D eigenvalue weighted by molar-refractivity contribution is 0.115. The van der Waals surface area contributed by atoms with E-state index in [1.165, 1.54) is 0 Å². The number of hydrogen-bond donors (Lipinski definition) is 1. The molecule has 3 nitrogen and oxygen atoms in total. The highest BCUT2D eigenvalue weighted by Gasteiger charge is 2.19. The Morgan fingerprint density at radius 2 is 2.38 bits per heavy atom. The Morgan fingerprint density at radius 1 is 1.54 bits per heavy atom. The average Bonchev–Trinajstić information content (AvgIpc) is 2.18. The highest BCUT2D eigenvalue weighted by atomic mass is 16.5. The molecule has 13 heavy (non-hydrogen) atoms. The molecular formula is C10H12O3. The first-order valence-corrected chi connectivity index (χ1v) is 4.30. The van der Waals surface area contributed by atoms with Crippen molar-refractivity contribution in [3.8, 4) is 11.5 Å². The summed E-state index contributed by atoms with van der Waals surface area (Å²) in [7, 11) is 1.61.